The van der Waals surface area contributed by atoms with Crippen molar-refractivity contribution in [3.8, 4) is 5.88 Å². The summed E-state index contributed by atoms with van der Waals surface area (Å²) in [6, 6.07) is 1.37. The van der Waals surface area contributed by atoms with Crippen molar-refractivity contribution in [3.05, 3.63) is 11.8 Å². The first-order chi connectivity index (χ1) is 11.1. The van der Waals surface area contributed by atoms with Gasteiger partial charge >= 0.3 is 5.97 Å². The number of aromatic nitrogens is 1. The highest BCUT2D eigenvalue weighted by Crippen LogP contribution is 2.11. The van der Waals surface area contributed by atoms with Gasteiger partial charge in [0.2, 0.25) is 5.76 Å². The van der Waals surface area contributed by atoms with Gasteiger partial charge in [-0.05, 0) is 11.6 Å². The lowest BCUT2D eigenvalue weighted by atomic mass is 10.4. The van der Waals surface area contributed by atoms with E-state index in [1.165, 1.54) is 6.07 Å². The van der Waals surface area contributed by atoms with Crippen molar-refractivity contribution >= 4 is 17.8 Å². The number of carboxylic acids is 1. The van der Waals surface area contributed by atoms with Gasteiger partial charge in [0, 0.05) is 19.6 Å². The first kappa shape index (κ1) is 16.6. The molecule has 0 radical (unpaired) electrons. The zero-order chi connectivity index (χ0) is 16.5. The maximum Gasteiger partial charge on any atom is 0.305 e. The van der Waals surface area contributed by atoms with Crippen LogP contribution in [0, 0.1) is 0 Å². The van der Waals surface area contributed by atoms with E-state index in [0.29, 0.717) is 13.2 Å². The minimum absolute atomic E-state index is 0.0203. The Morgan fingerprint density at radius 1 is 1.43 bits per heavy atom. The van der Waals surface area contributed by atoms with Crippen LogP contribution in [0.4, 0.5) is 0 Å². The quantitative estimate of drug-likeness (QED) is 0.433. The number of ether oxygens (including phenoxy) is 1. The third-order valence-electron chi connectivity index (χ3n) is 2.87. The predicted octanol–water partition coefficient (Wildman–Crippen LogP) is -0.803. The van der Waals surface area contributed by atoms with Gasteiger partial charge < -0.3 is 30.3 Å². The molecule has 23 heavy (non-hydrogen) atoms. The standard InChI is InChI=1S/C13H19N5O5/c19-11(20)2-4-14-12(21)9-8-10(18-23-9)22-7-1-3-15-13-16-5-6-17-13/h8H,1-7H2,(H,14,21)(H,19,20)(H2,15,16,17). The molecule has 0 unspecified atom stereocenters. The monoisotopic (exact) mass is 325 g/mol. The van der Waals surface area contributed by atoms with E-state index >= 15 is 0 Å². The van der Waals surface area contributed by atoms with E-state index in [4.69, 9.17) is 14.4 Å². The molecule has 0 aromatic carbocycles. The maximum atomic E-state index is 11.6. The van der Waals surface area contributed by atoms with Crippen LogP contribution in [0.5, 0.6) is 5.88 Å². The highest BCUT2D eigenvalue weighted by atomic mass is 16.5. The van der Waals surface area contributed by atoms with Gasteiger partial charge in [-0.25, -0.2) is 0 Å². The second-order valence-corrected chi connectivity index (χ2v) is 4.71. The van der Waals surface area contributed by atoms with E-state index in [1.807, 2.05) is 0 Å². The highest BCUT2D eigenvalue weighted by Gasteiger charge is 2.13. The van der Waals surface area contributed by atoms with E-state index in [-0.39, 0.29) is 24.6 Å². The van der Waals surface area contributed by atoms with Crippen molar-refractivity contribution in [2.24, 2.45) is 4.99 Å². The summed E-state index contributed by atoms with van der Waals surface area (Å²) < 4.78 is 10.2. The van der Waals surface area contributed by atoms with Gasteiger partial charge in [-0.1, -0.05) is 0 Å². The maximum absolute atomic E-state index is 11.6. The van der Waals surface area contributed by atoms with Gasteiger partial charge in [-0.2, -0.15) is 0 Å². The number of aliphatic imine (C=N–C) groups is 1. The van der Waals surface area contributed by atoms with Gasteiger partial charge in [0.1, 0.15) is 0 Å². The Bertz CT molecular complexity index is 571. The van der Waals surface area contributed by atoms with Crippen LogP contribution in [0.15, 0.2) is 15.6 Å². The zero-order valence-electron chi connectivity index (χ0n) is 12.5. The smallest absolute Gasteiger partial charge is 0.305 e. The molecule has 0 fully saturated rings. The van der Waals surface area contributed by atoms with Crippen molar-refractivity contribution in [2.75, 3.05) is 32.8 Å². The molecule has 4 N–H and O–H groups in total. The summed E-state index contributed by atoms with van der Waals surface area (Å²) in [6.45, 7) is 2.78. The van der Waals surface area contributed by atoms with Crippen LogP contribution in [0.2, 0.25) is 0 Å². The summed E-state index contributed by atoms with van der Waals surface area (Å²) in [5.41, 5.74) is 0. The van der Waals surface area contributed by atoms with Gasteiger partial charge in [0.15, 0.2) is 5.96 Å². The van der Waals surface area contributed by atoms with Crippen LogP contribution < -0.4 is 20.7 Å². The second-order valence-electron chi connectivity index (χ2n) is 4.71. The molecule has 0 saturated heterocycles. The molecular weight excluding hydrogens is 306 g/mol. The highest BCUT2D eigenvalue weighted by molar-refractivity contribution is 5.91. The summed E-state index contributed by atoms with van der Waals surface area (Å²) in [5, 5.41) is 20.7. The Balaban J connectivity index is 1.61. The number of nitrogens with one attached hydrogen (secondary N) is 3. The first-order valence-corrected chi connectivity index (χ1v) is 7.27. The molecule has 1 aliphatic rings. The number of nitrogens with zero attached hydrogens (tertiary/aromatic N) is 2. The van der Waals surface area contributed by atoms with Gasteiger partial charge in [-0.3, -0.25) is 14.6 Å². The summed E-state index contributed by atoms with van der Waals surface area (Å²) in [5.74, 6) is -0.524. The third kappa shape index (κ3) is 5.85. The lowest BCUT2D eigenvalue weighted by Gasteiger charge is -2.06. The fourth-order valence-corrected chi connectivity index (χ4v) is 1.78. The number of guanidine groups is 1. The molecule has 0 atom stereocenters. The molecular formula is C13H19N5O5. The van der Waals surface area contributed by atoms with Crippen LogP contribution in [0.25, 0.3) is 0 Å². The predicted molar refractivity (Wildman–Crippen MR) is 79.5 cm³/mol. The molecule has 10 nitrogen and oxygen atoms in total. The van der Waals surface area contributed by atoms with Crippen molar-refractivity contribution in [3.63, 3.8) is 0 Å². The number of hydrogen-bond donors (Lipinski definition) is 4. The molecule has 10 heteroatoms. The van der Waals surface area contributed by atoms with Crippen LogP contribution in [-0.4, -0.2) is 60.9 Å². The molecule has 2 heterocycles. The summed E-state index contributed by atoms with van der Waals surface area (Å²) >= 11 is 0. The fourth-order valence-electron chi connectivity index (χ4n) is 1.78. The largest absolute Gasteiger partial charge is 0.481 e. The molecule has 1 aromatic rings. The minimum atomic E-state index is -0.987. The first-order valence-electron chi connectivity index (χ1n) is 7.27. The zero-order valence-corrected chi connectivity index (χ0v) is 12.5. The van der Waals surface area contributed by atoms with Crippen LogP contribution >= 0.6 is 0 Å². The van der Waals surface area contributed by atoms with E-state index in [0.717, 1.165) is 25.5 Å². The number of carbonyl (C=O) groups is 2. The van der Waals surface area contributed by atoms with Gasteiger partial charge in [0.05, 0.1) is 25.6 Å². The SMILES string of the molecule is O=C(O)CCNC(=O)c1cc(OCCCNC2=NCCN2)no1. The average Bonchev–Trinajstić information content (AvgIpc) is 3.17. The van der Waals surface area contributed by atoms with E-state index in [1.54, 1.807) is 0 Å². The average molecular weight is 325 g/mol. The number of amides is 1. The fraction of sp³-hybridized carbons (Fsp3) is 0.538. The molecule has 1 aliphatic heterocycles. The number of hydrogen-bond acceptors (Lipinski definition) is 8. The summed E-state index contributed by atoms with van der Waals surface area (Å²) in [6.07, 6.45) is 0.573. The number of aliphatic carboxylic acids is 1. The Kier molecular flexibility index (Phi) is 6.21. The topological polar surface area (TPSA) is 138 Å². The normalized spacial score (nSPS) is 13.1. The molecule has 2 rings (SSSR count). The molecule has 0 spiro atoms. The van der Waals surface area contributed by atoms with Crippen LogP contribution in [0.1, 0.15) is 23.4 Å². The number of rotatable bonds is 9. The van der Waals surface area contributed by atoms with Crippen molar-refractivity contribution in [1.29, 1.82) is 0 Å². The van der Waals surface area contributed by atoms with E-state index in [9.17, 15) is 9.59 Å². The third-order valence-corrected chi connectivity index (χ3v) is 2.87. The van der Waals surface area contributed by atoms with Crippen LogP contribution in [0.3, 0.4) is 0 Å². The molecule has 0 bridgehead atoms. The van der Waals surface area contributed by atoms with Crippen molar-refractivity contribution < 1.29 is 24.0 Å². The van der Waals surface area contributed by atoms with E-state index < -0.39 is 11.9 Å². The molecule has 0 saturated carbocycles. The molecule has 1 aromatic heterocycles. The van der Waals surface area contributed by atoms with E-state index in [2.05, 4.69) is 26.1 Å². The Morgan fingerprint density at radius 2 is 2.30 bits per heavy atom. The number of carbonyl (C=O) groups excluding carboxylic acids is 1. The Labute approximate surface area is 132 Å². The lowest BCUT2D eigenvalue weighted by molar-refractivity contribution is -0.136. The molecule has 126 valence electrons. The van der Waals surface area contributed by atoms with Crippen molar-refractivity contribution in [2.45, 2.75) is 12.8 Å². The molecule has 1 amide bonds. The van der Waals surface area contributed by atoms with Crippen LogP contribution in [-0.2, 0) is 4.79 Å². The van der Waals surface area contributed by atoms with Crippen molar-refractivity contribution in [1.82, 2.24) is 21.1 Å². The second kappa shape index (κ2) is 8.61. The van der Waals surface area contributed by atoms with Gasteiger partial charge in [0.25, 0.3) is 11.8 Å². The minimum Gasteiger partial charge on any atom is -0.481 e. The Hall–Kier alpha value is -2.78. The molecule has 0 aliphatic carbocycles. The van der Waals surface area contributed by atoms with Gasteiger partial charge in [-0.15, -0.1) is 0 Å². The Morgan fingerprint density at radius 3 is 3.04 bits per heavy atom. The lowest BCUT2D eigenvalue weighted by Crippen LogP contribution is -2.34. The summed E-state index contributed by atoms with van der Waals surface area (Å²) in [7, 11) is 0. The summed E-state index contributed by atoms with van der Waals surface area (Å²) in [4.78, 5) is 26.2. The number of carboxylic acid groups (broad SMARTS) is 1.